The summed E-state index contributed by atoms with van der Waals surface area (Å²) in [5.41, 5.74) is 2.45. The molecule has 2 rings (SSSR count). The van der Waals surface area contributed by atoms with Crippen molar-refractivity contribution in [1.29, 1.82) is 0 Å². The standard InChI is InChI=1S/C19H23NO2/c1-3-19(21)20-14-17(12-15-8-5-4-6-9-15)16-10-7-11-18(13-16)22-2/h4-11,13,17H,3,12,14H2,1-2H3,(H,20,21). The molecule has 0 fully saturated rings. The minimum absolute atomic E-state index is 0.0842. The van der Waals surface area contributed by atoms with Crippen molar-refractivity contribution in [3.63, 3.8) is 0 Å². The molecule has 1 unspecified atom stereocenters. The second-order valence-corrected chi connectivity index (χ2v) is 5.32. The minimum atomic E-state index is 0.0842. The van der Waals surface area contributed by atoms with Crippen LogP contribution in [0.5, 0.6) is 5.75 Å². The second kappa shape index (κ2) is 8.23. The maximum absolute atomic E-state index is 11.6. The van der Waals surface area contributed by atoms with Crippen LogP contribution < -0.4 is 10.1 Å². The number of carbonyl (C=O) groups is 1. The molecule has 22 heavy (non-hydrogen) atoms. The molecule has 0 aliphatic heterocycles. The number of amides is 1. The Hall–Kier alpha value is -2.29. The number of nitrogens with one attached hydrogen (secondary N) is 1. The van der Waals surface area contributed by atoms with E-state index in [0.29, 0.717) is 13.0 Å². The molecule has 0 heterocycles. The third-order valence-corrected chi connectivity index (χ3v) is 3.76. The van der Waals surface area contributed by atoms with Crippen molar-refractivity contribution in [3.8, 4) is 5.75 Å². The number of hydrogen-bond acceptors (Lipinski definition) is 2. The quantitative estimate of drug-likeness (QED) is 0.849. The highest BCUT2D eigenvalue weighted by molar-refractivity contribution is 5.75. The summed E-state index contributed by atoms with van der Waals surface area (Å²) < 4.78 is 5.31. The van der Waals surface area contributed by atoms with Crippen molar-refractivity contribution in [3.05, 3.63) is 65.7 Å². The molecular weight excluding hydrogens is 274 g/mol. The topological polar surface area (TPSA) is 38.3 Å². The first-order valence-electron chi connectivity index (χ1n) is 7.67. The fourth-order valence-corrected chi connectivity index (χ4v) is 2.46. The first-order chi connectivity index (χ1) is 10.7. The molecule has 3 heteroatoms. The van der Waals surface area contributed by atoms with Crippen LogP contribution in [0.2, 0.25) is 0 Å². The molecule has 116 valence electrons. The first-order valence-corrected chi connectivity index (χ1v) is 7.67. The van der Waals surface area contributed by atoms with Gasteiger partial charge in [0.2, 0.25) is 5.91 Å². The van der Waals surface area contributed by atoms with E-state index < -0.39 is 0 Å². The van der Waals surface area contributed by atoms with Crippen LogP contribution in [0.4, 0.5) is 0 Å². The molecular formula is C19H23NO2. The average Bonchev–Trinajstić information content (AvgIpc) is 2.59. The van der Waals surface area contributed by atoms with Gasteiger partial charge in [-0.05, 0) is 29.7 Å². The summed E-state index contributed by atoms with van der Waals surface area (Å²) in [5, 5.41) is 3.01. The van der Waals surface area contributed by atoms with E-state index in [1.807, 2.05) is 43.3 Å². The monoisotopic (exact) mass is 297 g/mol. The second-order valence-electron chi connectivity index (χ2n) is 5.32. The smallest absolute Gasteiger partial charge is 0.219 e. The van der Waals surface area contributed by atoms with Crippen LogP contribution in [0.25, 0.3) is 0 Å². The normalized spacial score (nSPS) is 11.7. The van der Waals surface area contributed by atoms with Crippen molar-refractivity contribution < 1.29 is 9.53 Å². The van der Waals surface area contributed by atoms with Crippen molar-refractivity contribution in [2.24, 2.45) is 0 Å². The van der Waals surface area contributed by atoms with Crippen LogP contribution in [0.1, 0.15) is 30.4 Å². The summed E-state index contributed by atoms with van der Waals surface area (Å²) in [6.07, 6.45) is 1.40. The summed E-state index contributed by atoms with van der Waals surface area (Å²) in [4.78, 5) is 11.6. The van der Waals surface area contributed by atoms with Crippen LogP contribution in [0.15, 0.2) is 54.6 Å². The van der Waals surface area contributed by atoms with Crippen LogP contribution in [-0.2, 0) is 11.2 Å². The fraction of sp³-hybridized carbons (Fsp3) is 0.316. The molecule has 0 saturated heterocycles. The number of benzene rings is 2. The van der Waals surface area contributed by atoms with Crippen LogP contribution in [0.3, 0.4) is 0 Å². The molecule has 0 radical (unpaired) electrons. The molecule has 1 N–H and O–H groups in total. The third-order valence-electron chi connectivity index (χ3n) is 3.76. The lowest BCUT2D eigenvalue weighted by Crippen LogP contribution is -2.28. The number of ether oxygens (including phenoxy) is 1. The zero-order valence-electron chi connectivity index (χ0n) is 13.2. The number of carbonyl (C=O) groups excluding carboxylic acids is 1. The Kier molecular flexibility index (Phi) is 6.01. The lowest BCUT2D eigenvalue weighted by Gasteiger charge is -2.19. The predicted molar refractivity (Wildman–Crippen MR) is 89.2 cm³/mol. The summed E-state index contributed by atoms with van der Waals surface area (Å²) in [5.74, 6) is 1.16. The molecule has 0 bridgehead atoms. The van der Waals surface area contributed by atoms with Crippen molar-refractivity contribution in [2.75, 3.05) is 13.7 Å². The lowest BCUT2D eigenvalue weighted by atomic mass is 9.91. The van der Waals surface area contributed by atoms with Gasteiger partial charge in [0.1, 0.15) is 5.75 Å². The Labute approximate surface area is 132 Å². The highest BCUT2D eigenvalue weighted by Crippen LogP contribution is 2.24. The van der Waals surface area contributed by atoms with Gasteiger partial charge in [0.05, 0.1) is 7.11 Å². The molecule has 2 aromatic carbocycles. The molecule has 2 aromatic rings. The summed E-state index contributed by atoms with van der Waals surface area (Å²) in [6.45, 7) is 2.50. The number of rotatable bonds is 7. The van der Waals surface area contributed by atoms with Gasteiger partial charge in [0.15, 0.2) is 0 Å². The Morgan fingerprint density at radius 1 is 1.14 bits per heavy atom. The van der Waals surface area contributed by atoms with Gasteiger partial charge < -0.3 is 10.1 Å². The number of methoxy groups -OCH3 is 1. The summed E-state index contributed by atoms with van der Waals surface area (Å²) in [7, 11) is 1.67. The van der Waals surface area contributed by atoms with Gasteiger partial charge in [-0.15, -0.1) is 0 Å². The predicted octanol–water partition coefficient (Wildman–Crippen LogP) is 3.55. The van der Waals surface area contributed by atoms with Crippen LogP contribution in [0, 0.1) is 0 Å². The highest BCUT2D eigenvalue weighted by atomic mass is 16.5. The highest BCUT2D eigenvalue weighted by Gasteiger charge is 2.14. The van der Waals surface area contributed by atoms with E-state index in [-0.39, 0.29) is 11.8 Å². The van der Waals surface area contributed by atoms with Gasteiger partial charge in [-0.3, -0.25) is 4.79 Å². The Balaban J connectivity index is 2.18. The van der Waals surface area contributed by atoms with Gasteiger partial charge in [-0.1, -0.05) is 49.4 Å². The maximum Gasteiger partial charge on any atom is 0.219 e. The lowest BCUT2D eigenvalue weighted by molar-refractivity contribution is -0.120. The summed E-state index contributed by atoms with van der Waals surface area (Å²) in [6, 6.07) is 18.4. The number of hydrogen-bond donors (Lipinski definition) is 1. The van der Waals surface area contributed by atoms with Gasteiger partial charge in [-0.25, -0.2) is 0 Å². The molecule has 0 aromatic heterocycles. The molecule has 0 saturated carbocycles. The van der Waals surface area contributed by atoms with Crippen LogP contribution >= 0.6 is 0 Å². The van der Waals surface area contributed by atoms with E-state index in [2.05, 4.69) is 23.5 Å². The van der Waals surface area contributed by atoms with E-state index in [4.69, 9.17) is 4.74 Å². The zero-order chi connectivity index (χ0) is 15.8. The molecule has 1 amide bonds. The molecule has 0 aliphatic carbocycles. The first kappa shape index (κ1) is 16.1. The average molecular weight is 297 g/mol. The minimum Gasteiger partial charge on any atom is -0.497 e. The van der Waals surface area contributed by atoms with E-state index in [9.17, 15) is 4.79 Å². The Morgan fingerprint density at radius 2 is 1.91 bits per heavy atom. The van der Waals surface area contributed by atoms with Gasteiger partial charge in [0, 0.05) is 18.9 Å². The molecule has 3 nitrogen and oxygen atoms in total. The maximum atomic E-state index is 11.6. The van der Waals surface area contributed by atoms with E-state index in [1.54, 1.807) is 7.11 Å². The van der Waals surface area contributed by atoms with E-state index in [1.165, 1.54) is 11.1 Å². The van der Waals surface area contributed by atoms with Gasteiger partial charge >= 0.3 is 0 Å². The third kappa shape index (κ3) is 4.62. The largest absolute Gasteiger partial charge is 0.497 e. The SMILES string of the molecule is CCC(=O)NCC(Cc1ccccc1)c1cccc(OC)c1. The van der Waals surface area contributed by atoms with Gasteiger partial charge in [-0.2, -0.15) is 0 Å². The van der Waals surface area contributed by atoms with Gasteiger partial charge in [0.25, 0.3) is 0 Å². The fourth-order valence-electron chi connectivity index (χ4n) is 2.46. The molecule has 0 aliphatic rings. The van der Waals surface area contributed by atoms with E-state index in [0.717, 1.165) is 12.2 Å². The van der Waals surface area contributed by atoms with E-state index >= 15 is 0 Å². The zero-order valence-corrected chi connectivity index (χ0v) is 13.2. The van der Waals surface area contributed by atoms with Crippen LogP contribution in [-0.4, -0.2) is 19.6 Å². The summed E-state index contributed by atoms with van der Waals surface area (Å²) >= 11 is 0. The van der Waals surface area contributed by atoms with Crippen molar-refractivity contribution >= 4 is 5.91 Å². The Morgan fingerprint density at radius 3 is 2.59 bits per heavy atom. The van der Waals surface area contributed by atoms with Crippen molar-refractivity contribution in [2.45, 2.75) is 25.7 Å². The Bertz CT molecular complexity index is 595. The van der Waals surface area contributed by atoms with Crippen molar-refractivity contribution in [1.82, 2.24) is 5.32 Å². The molecule has 1 atom stereocenters. The molecule has 0 spiro atoms.